The lowest BCUT2D eigenvalue weighted by Crippen LogP contribution is -2.47. The number of aromatic nitrogens is 1. The number of carbonyl (C=O) groups excluding carboxylic acids is 3. The van der Waals surface area contributed by atoms with Crippen molar-refractivity contribution in [3.63, 3.8) is 0 Å². The molecule has 3 amide bonds. The third-order valence-electron chi connectivity index (χ3n) is 6.01. The predicted molar refractivity (Wildman–Crippen MR) is 119 cm³/mol. The van der Waals surface area contributed by atoms with Crippen LogP contribution in [-0.4, -0.2) is 65.3 Å². The van der Waals surface area contributed by atoms with Crippen molar-refractivity contribution < 1.29 is 19.1 Å². The molecule has 0 radical (unpaired) electrons. The van der Waals surface area contributed by atoms with Crippen molar-refractivity contribution in [2.75, 3.05) is 32.8 Å². The van der Waals surface area contributed by atoms with E-state index in [9.17, 15) is 14.4 Å². The van der Waals surface area contributed by atoms with E-state index in [0.29, 0.717) is 38.2 Å². The maximum absolute atomic E-state index is 12.8. The number of ether oxygens (including phenoxy) is 1. The zero-order valence-corrected chi connectivity index (χ0v) is 18.0. The molecule has 2 aliphatic heterocycles. The highest BCUT2D eigenvalue weighted by Crippen LogP contribution is 2.25. The number of likely N-dealkylation sites (tertiary alicyclic amines) is 1. The molecule has 8 heteroatoms. The summed E-state index contributed by atoms with van der Waals surface area (Å²) < 4.78 is 5.87. The van der Waals surface area contributed by atoms with E-state index in [4.69, 9.17) is 10.5 Å². The summed E-state index contributed by atoms with van der Waals surface area (Å²) in [5.74, 6) is -0.453. The molecule has 2 fully saturated rings. The van der Waals surface area contributed by atoms with Gasteiger partial charge in [-0.3, -0.25) is 19.4 Å². The molecule has 2 N–H and O–H groups in total. The van der Waals surface area contributed by atoms with Gasteiger partial charge < -0.3 is 20.3 Å². The number of nitrogens with two attached hydrogens (primary N) is 1. The van der Waals surface area contributed by atoms with Gasteiger partial charge in [0.05, 0.1) is 25.4 Å². The summed E-state index contributed by atoms with van der Waals surface area (Å²) in [4.78, 5) is 44.5. The quantitative estimate of drug-likeness (QED) is 0.773. The number of morpholine rings is 1. The minimum absolute atomic E-state index is 0.0477. The number of hydrogen-bond donors (Lipinski definition) is 1. The van der Waals surface area contributed by atoms with Gasteiger partial charge >= 0.3 is 0 Å². The average molecular weight is 437 g/mol. The minimum atomic E-state index is -0.473. The molecular formula is C24H28N4O4. The van der Waals surface area contributed by atoms with Crippen molar-refractivity contribution in [1.82, 2.24) is 14.8 Å². The van der Waals surface area contributed by atoms with E-state index in [-0.39, 0.29) is 24.5 Å². The number of pyridine rings is 1. The normalized spacial score (nSPS) is 19.5. The first-order valence-corrected chi connectivity index (χ1v) is 11.0. The van der Waals surface area contributed by atoms with Crippen LogP contribution in [0, 0.1) is 0 Å². The highest BCUT2D eigenvalue weighted by molar-refractivity contribution is 5.94. The van der Waals surface area contributed by atoms with Gasteiger partial charge in [-0.05, 0) is 36.6 Å². The SMILES string of the molecule is NC(=O)c1cccc(-c2ccc([C@@H]3CN(C(=O)CN4CCCCCC4=O)CCO3)nc2)c1. The molecule has 2 aromatic rings. The number of primary amides is 1. The monoisotopic (exact) mass is 436 g/mol. The fourth-order valence-electron chi connectivity index (χ4n) is 4.14. The van der Waals surface area contributed by atoms with Gasteiger partial charge in [0.2, 0.25) is 17.7 Å². The van der Waals surface area contributed by atoms with Crippen LogP contribution in [0.5, 0.6) is 0 Å². The van der Waals surface area contributed by atoms with Gasteiger partial charge in [0, 0.05) is 36.8 Å². The topological polar surface area (TPSA) is 106 Å². The van der Waals surface area contributed by atoms with E-state index in [0.717, 1.165) is 36.1 Å². The molecule has 2 saturated heterocycles. The Morgan fingerprint density at radius 1 is 1.09 bits per heavy atom. The molecule has 0 spiro atoms. The average Bonchev–Trinajstić information content (AvgIpc) is 3.03. The molecule has 168 valence electrons. The Balaban J connectivity index is 1.41. The van der Waals surface area contributed by atoms with E-state index in [1.54, 1.807) is 34.2 Å². The largest absolute Gasteiger partial charge is 0.368 e. The first-order chi connectivity index (χ1) is 15.5. The lowest BCUT2D eigenvalue weighted by Gasteiger charge is -2.34. The van der Waals surface area contributed by atoms with Gasteiger partial charge in [0.25, 0.3) is 0 Å². The molecule has 1 atom stereocenters. The summed E-state index contributed by atoms with van der Waals surface area (Å²) >= 11 is 0. The van der Waals surface area contributed by atoms with Crippen LogP contribution in [0.4, 0.5) is 0 Å². The first kappa shape index (κ1) is 22.0. The van der Waals surface area contributed by atoms with Crippen LogP contribution in [0.15, 0.2) is 42.6 Å². The summed E-state index contributed by atoms with van der Waals surface area (Å²) in [6.45, 7) is 2.13. The van der Waals surface area contributed by atoms with Crippen LogP contribution >= 0.6 is 0 Å². The zero-order valence-electron chi connectivity index (χ0n) is 18.0. The van der Waals surface area contributed by atoms with Crippen LogP contribution in [0.25, 0.3) is 11.1 Å². The van der Waals surface area contributed by atoms with Crippen molar-refractivity contribution in [1.29, 1.82) is 0 Å². The van der Waals surface area contributed by atoms with Crippen LogP contribution in [-0.2, 0) is 14.3 Å². The van der Waals surface area contributed by atoms with E-state index < -0.39 is 5.91 Å². The molecule has 0 saturated carbocycles. The zero-order chi connectivity index (χ0) is 22.5. The summed E-state index contributed by atoms with van der Waals surface area (Å²) in [6.07, 6.45) is 4.82. The second-order valence-electron chi connectivity index (χ2n) is 8.24. The third kappa shape index (κ3) is 5.13. The van der Waals surface area contributed by atoms with Crippen molar-refractivity contribution in [3.05, 3.63) is 53.9 Å². The fraction of sp³-hybridized carbons (Fsp3) is 0.417. The number of hydrogen-bond acceptors (Lipinski definition) is 5. The molecule has 1 aromatic heterocycles. The molecule has 0 unspecified atom stereocenters. The van der Waals surface area contributed by atoms with E-state index >= 15 is 0 Å². The molecule has 3 heterocycles. The van der Waals surface area contributed by atoms with Crippen molar-refractivity contribution in [3.8, 4) is 11.1 Å². The molecule has 4 rings (SSSR count). The Morgan fingerprint density at radius 3 is 2.75 bits per heavy atom. The Hall–Kier alpha value is -3.26. The number of carbonyl (C=O) groups is 3. The Bertz CT molecular complexity index is 992. The van der Waals surface area contributed by atoms with Gasteiger partial charge in [0.15, 0.2) is 0 Å². The van der Waals surface area contributed by atoms with Crippen molar-refractivity contribution in [2.45, 2.75) is 31.8 Å². The smallest absolute Gasteiger partial charge is 0.248 e. The second kappa shape index (κ2) is 9.91. The minimum Gasteiger partial charge on any atom is -0.368 e. The van der Waals surface area contributed by atoms with Gasteiger partial charge in [0.1, 0.15) is 6.10 Å². The molecule has 2 aliphatic rings. The predicted octanol–water partition coefficient (Wildman–Crippen LogP) is 2.15. The summed E-state index contributed by atoms with van der Waals surface area (Å²) in [7, 11) is 0. The maximum atomic E-state index is 12.8. The molecular weight excluding hydrogens is 408 g/mol. The van der Waals surface area contributed by atoms with Crippen molar-refractivity contribution >= 4 is 17.7 Å². The molecule has 32 heavy (non-hydrogen) atoms. The lowest BCUT2D eigenvalue weighted by atomic mass is 10.0. The first-order valence-electron chi connectivity index (χ1n) is 11.0. The molecule has 0 bridgehead atoms. The standard InChI is InChI=1S/C24H28N4O4/c25-24(31)18-6-4-5-17(13-18)19-8-9-20(26-14-19)21-15-28(11-12-32-21)23(30)16-27-10-3-1-2-7-22(27)29/h4-6,8-9,13-14,21H,1-3,7,10-12,15-16H2,(H2,25,31)/t21-/m0/s1. The van der Waals surface area contributed by atoms with Gasteiger partial charge in [-0.1, -0.05) is 24.6 Å². The highest BCUT2D eigenvalue weighted by atomic mass is 16.5. The Kier molecular flexibility index (Phi) is 6.80. The maximum Gasteiger partial charge on any atom is 0.248 e. The van der Waals surface area contributed by atoms with Crippen LogP contribution in [0.2, 0.25) is 0 Å². The van der Waals surface area contributed by atoms with Gasteiger partial charge in [-0.15, -0.1) is 0 Å². The summed E-state index contributed by atoms with van der Waals surface area (Å²) in [6, 6.07) is 10.9. The number of benzene rings is 1. The lowest BCUT2D eigenvalue weighted by molar-refractivity contribution is -0.145. The van der Waals surface area contributed by atoms with E-state index in [1.807, 2.05) is 18.2 Å². The van der Waals surface area contributed by atoms with Crippen molar-refractivity contribution in [2.24, 2.45) is 5.73 Å². The Morgan fingerprint density at radius 2 is 1.97 bits per heavy atom. The fourth-order valence-corrected chi connectivity index (χ4v) is 4.14. The number of amides is 3. The van der Waals surface area contributed by atoms with Crippen LogP contribution < -0.4 is 5.73 Å². The Labute approximate surface area is 187 Å². The molecule has 8 nitrogen and oxygen atoms in total. The summed E-state index contributed by atoms with van der Waals surface area (Å²) in [5.41, 5.74) is 8.26. The van der Waals surface area contributed by atoms with Crippen LogP contribution in [0.1, 0.15) is 47.8 Å². The second-order valence-corrected chi connectivity index (χ2v) is 8.24. The molecule has 1 aromatic carbocycles. The van der Waals surface area contributed by atoms with Gasteiger partial charge in [-0.2, -0.15) is 0 Å². The number of nitrogens with zero attached hydrogens (tertiary/aromatic N) is 3. The third-order valence-corrected chi connectivity index (χ3v) is 6.01. The van der Waals surface area contributed by atoms with Crippen LogP contribution in [0.3, 0.4) is 0 Å². The molecule has 0 aliphatic carbocycles. The van der Waals surface area contributed by atoms with E-state index in [1.165, 1.54) is 0 Å². The number of rotatable bonds is 5. The summed E-state index contributed by atoms with van der Waals surface area (Å²) in [5, 5.41) is 0. The van der Waals surface area contributed by atoms with E-state index in [2.05, 4.69) is 4.98 Å². The van der Waals surface area contributed by atoms with Gasteiger partial charge in [-0.25, -0.2) is 0 Å². The highest BCUT2D eigenvalue weighted by Gasteiger charge is 2.28.